The molecule has 2 N–H and O–H groups in total. The van der Waals surface area contributed by atoms with Gasteiger partial charge in [-0.25, -0.2) is 4.39 Å². The van der Waals surface area contributed by atoms with Crippen molar-refractivity contribution in [3.8, 4) is 0 Å². The van der Waals surface area contributed by atoms with Crippen molar-refractivity contribution in [2.45, 2.75) is 25.1 Å². The second kappa shape index (κ2) is 6.80. The topological polar surface area (TPSA) is 26.0 Å². The van der Waals surface area contributed by atoms with Crippen LogP contribution in [0, 0.1) is 5.82 Å². The summed E-state index contributed by atoms with van der Waals surface area (Å²) in [6.45, 7) is 0. The maximum absolute atomic E-state index is 13.4. The van der Waals surface area contributed by atoms with E-state index in [1.165, 1.54) is 6.07 Å². The molecule has 0 aliphatic heterocycles. The molecule has 1 rings (SSSR count). The number of halogens is 7. The highest BCUT2D eigenvalue weighted by Gasteiger charge is 2.29. The van der Waals surface area contributed by atoms with E-state index in [9.17, 15) is 17.6 Å². The maximum Gasteiger partial charge on any atom is 0.389 e. The fourth-order valence-corrected chi connectivity index (χ4v) is 1.80. The summed E-state index contributed by atoms with van der Waals surface area (Å²) in [6, 6.07) is 1.11. The largest absolute Gasteiger partial charge is 0.389 e. The van der Waals surface area contributed by atoms with Gasteiger partial charge >= 0.3 is 6.18 Å². The van der Waals surface area contributed by atoms with Crippen LogP contribution in [0.2, 0.25) is 10.0 Å². The van der Waals surface area contributed by atoms with Crippen molar-refractivity contribution in [2.24, 2.45) is 5.73 Å². The molecular formula is C10H10Cl3F4N. The summed E-state index contributed by atoms with van der Waals surface area (Å²) in [5.74, 6) is -0.755. The van der Waals surface area contributed by atoms with Crippen molar-refractivity contribution in [1.29, 1.82) is 0 Å². The second-order valence-electron chi connectivity index (χ2n) is 3.52. The molecule has 104 valence electrons. The van der Waals surface area contributed by atoms with Crippen molar-refractivity contribution >= 4 is 35.6 Å². The van der Waals surface area contributed by atoms with Crippen LogP contribution >= 0.6 is 35.6 Å². The van der Waals surface area contributed by atoms with Crippen LogP contribution in [0.5, 0.6) is 0 Å². The number of hydrogen-bond donors (Lipinski definition) is 1. The molecule has 1 nitrogen and oxygen atoms in total. The Labute approximate surface area is 118 Å². The summed E-state index contributed by atoms with van der Waals surface area (Å²) in [4.78, 5) is 0. The zero-order valence-electron chi connectivity index (χ0n) is 8.90. The third kappa shape index (κ3) is 4.80. The Morgan fingerprint density at radius 2 is 1.78 bits per heavy atom. The van der Waals surface area contributed by atoms with Gasteiger partial charge in [0.1, 0.15) is 5.82 Å². The van der Waals surface area contributed by atoms with Crippen LogP contribution in [-0.4, -0.2) is 6.18 Å². The van der Waals surface area contributed by atoms with Crippen LogP contribution in [0.15, 0.2) is 12.1 Å². The summed E-state index contributed by atoms with van der Waals surface area (Å²) >= 11 is 11.4. The van der Waals surface area contributed by atoms with Crippen molar-refractivity contribution in [3.05, 3.63) is 33.6 Å². The number of alkyl halides is 3. The molecule has 0 fully saturated rings. The standard InChI is InChI=1S/C10H9Cl2F4N.ClH/c11-5-1-2-6(13)8(9(5)12)7(17)3-4-10(14,15)16;/h1-2,7H,3-4,17H2;1H/t7-;/m0./s1. The van der Waals surface area contributed by atoms with E-state index in [-0.39, 0.29) is 28.0 Å². The quantitative estimate of drug-likeness (QED) is 0.621. The summed E-state index contributed by atoms with van der Waals surface area (Å²) in [6.07, 6.45) is -5.88. The Morgan fingerprint density at radius 1 is 1.22 bits per heavy atom. The van der Waals surface area contributed by atoms with Gasteiger partial charge in [-0.3, -0.25) is 0 Å². The first-order valence-electron chi connectivity index (χ1n) is 4.68. The van der Waals surface area contributed by atoms with Crippen LogP contribution in [-0.2, 0) is 0 Å². The van der Waals surface area contributed by atoms with Gasteiger partial charge in [-0.2, -0.15) is 13.2 Å². The minimum Gasteiger partial charge on any atom is -0.324 e. The average molecular weight is 327 g/mol. The van der Waals surface area contributed by atoms with Gasteiger partial charge in [-0.15, -0.1) is 12.4 Å². The summed E-state index contributed by atoms with van der Waals surface area (Å²) in [5.41, 5.74) is 5.31. The Hall–Kier alpha value is -0.230. The first-order chi connectivity index (χ1) is 7.72. The predicted molar refractivity (Wildman–Crippen MR) is 65.9 cm³/mol. The fraction of sp³-hybridized carbons (Fsp3) is 0.400. The normalized spacial score (nSPS) is 13.1. The highest BCUT2D eigenvalue weighted by Crippen LogP contribution is 2.34. The zero-order valence-corrected chi connectivity index (χ0v) is 11.2. The van der Waals surface area contributed by atoms with E-state index in [4.69, 9.17) is 28.9 Å². The average Bonchev–Trinajstić information content (AvgIpc) is 2.20. The lowest BCUT2D eigenvalue weighted by Crippen LogP contribution is -2.17. The highest BCUT2D eigenvalue weighted by molar-refractivity contribution is 6.42. The van der Waals surface area contributed by atoms with E-state index in [2.05, 4.69) is 0 Å². The first-order valence-corrected chi connectivity index (χ1v) is 5.43. The van der Waals surface area contributed by atoms with E-state index < -0.39 is 30.9 Å². The molecule has 0 amide bonds. The SMILES string of the molecule is Cl.N[C@@H](CCC(F)(F)F)c1c(F)ccc(Cl)c1Cl. The molecule has 1 atom stereocenters. The lowest BCUT2D eigenvalue weighted by molar-refractivity contribution is -0.136. The minimum atomic E-state index is -4.33. The van der Waals surface area contributed by atoms with Gasteiger partial charge in [0.2, 0.25) is 0 Å². The van der Waals surface area contributed by atoms with Gasteiger partial charge < -0.3 is 5.73 Å². The molecule has 0 bridgehead atoms. The lowest BCUT2D eigenvalue weighted by atomic mass is 10.0. The van der Waals surface area contributed by atoms with Gasteiger partial charge in [-0.1, -0.05) is 23.2 Å². The Balaban J connectivity index is 0.00000289. The molecule has 0 aromatic heterocycles. The van der Waals surface area contributed by atoms with Gasteiger partial charge in [0.05, 0.1) is 10.0 Å². The third-order valence-corrected chi connectivity index (χ3v) is 3.01. The molecular weight excluding hydrogens is 316 g/mol. The number of benzene rings is 1. The third-order valence-electron chi connectivity index (χ3n) is 2.19. The molecule has 0 saturated heterocycles. The van der Waals surface area contributed by atoms with Crippen LogP contribution < -0.4 is 5.73 Å². The molecule has 0 aliphatic rings. The highest BCUT2D eigenvalue weighted by atomic mass is 35.5. The Kier molecular flexibility index (Phi) is 6.71. The molecule has 0 radical (unpaired) electrons. The first kappa shape index (κ1) is 17.8. The van der Waals surface area contributed by atoms with Crippen molar-refractivity contribution in [1.82, 2.24) is 0 Å². The molecule has 0 heterocycles. The monoisotopic (exact) mass is 325 g/mol. The van der Waals surface area contributed by atoms with Gasteiger partial charge in [0.25, 0.3) is 0 Å². The van der Waals surface area contributed by atoms with Crippen LogP contribution in [0.25, 0.3) is 0 Å². The van der Waals surface area contributed by atoms with Crippen molar-refractivity contribution < 1.29 is 17.6 Å². The molecule has 0 saturated carbocycles. The lowest BCUT2D eigenvalue weighted by Gasteiger charge is -2.16. The predicted octanol–water partition coefficient (Wildman–Crippen LogP) is 4.90. The van der Waals surface area contributed by atoms with E-state index in [1.807, 2.05) is 0 Å². The summed E-state index contributed by atoms with van der Waals surface area (Å²) < 4.78 is 49.4. The number of nitrogens with two attached hydrogens (primary N) is 1. The maximum atomic E-state index is 13.4. The Morgan fingerprint density at radius 3 is 2.28 bits per heavy atom. The van der Waals surface area contributed by atoms with Gasteiger partial charge in [0, 0.05) is 18.0 Å². The molecule has 8 heteroatoms. The number of rotatable bonds is 3. The van der Waals surface area contributed by atoms with Crippen LogP contribution in [0.1, 0.15) is 24.4 Å². The molecule has 18 heavy (non-hydrogen) atoms. The van der Waals surface area contributed by atoms with Gasteiger partial charge in [-0.05, 0) is 18.6 Å². The summed E-state index contributed by atoms with van der Waals surface area (Å²) in [7, 11) is 0. The second-order valence-corrected chi connectivity index (χ2v) is 4.30. The minimum absolute atomic E-state index is 0. The van der Waals surface area contributed by atoms with E-state index in [1.54, 1.807) is 0 Å². The van der Waals surface area contributed by atoms with Crippen LogP contribution in [0.4, 0.5) is 17.6 Å². The molecule has 1 aromatic rings. The Bertz CT molecular complexity index is 409. The molecule has 0 aliphatic carbocycles. The smallest absolute Gasteiger partial charge is 0.324 e. The zero-order chi connectivity index (χ0) is 13.2. The molecule has 0 unspecified atom stereocenters. The van der Waals surface area contributed by atoms with Crippen LogP contribution in [0.3, 0.4) is 0 Å². The van der Waals surface area contributed by atoms with Crippen molar-refractivity contribution in [2.75, 3.05) is 0 Å². The van der Waals surface area contributed by atoms with E-state index in [0.717, 1.165) is 6.07 Å². The molecule has 1 aromatic carbocycles. The van der Waals surface area contributed by atoms with Crippen molar-refractivity contribution in [3.63, 3.8) is 0 Å². The fourth-order valence-electron chi connectivity index (χ4n) is 1.35. The van der Waals surface area contributed by atoms with Gasteiger partial charge in [0.15, 0.2) is 0 Å². The number of hydrogen-bond acceptors (Lipinski definition) is 1. The summed E-state index contributed by atoms with van der Waals surface area (Å²) in [5, 5.41) is -0.0770. The van der Waals surface area contributed by atoms with E-state index >= 15 is 0 Å². The molecule has 0 spiro atoms. The van der Waals surface area contributed by atoms with E-state index in [0.29, 0.717) is 0 Å².